The summed E-state index contributed by atoms with van der Waals surface area (Å²) in [7, 11) is 0. The molecule has 1 aromatic carbocycles. The molecule has 0 aliphatic rings. The van der Waals surface area contributed by atoms with Gasteiger partial charge in [-0.05, 0) is 45.0 Å². The lowest BCUT2D eigenvalue weighted by Gasteiger charge is -2.20. The summed E-state index contributed by atoms with van der Waals surface area (Å²) in [5.41, 5.74) is 6.16. The van der Waals surface area contributed by atoms with Crippen LogP contribution in [0, 0.1) is 0 Å². The SMILES string of the molecule is CC(=O)Nc1ccc(SC(C)C(=O)NCC(C)(C)N)cc1.Cl. The molecule has 7 heteroatoms. The lowest BCUT2D eigenvalue weighted by molar-refractivity contribution is -0.120. The molecule has 0 saturated heterocycles. The molecule has 1 rings (SSSR count). The van der Waals surface area contributed by atoms with Crippen LogP contribution in [-0.2, 0) is 9.59 Å². The Morgan fingerprint density at radius 3 is 2.27 bits per heavy atom. The van der Waals surface area contributed by atoms with Crippen LogP contribution in [-0.4, -0.2) is 29.1 Å². The Hall–Kier alpha value is -1.24. The number of anilines is 1. The van der Waals surface area contributed by atoms with Crippen molar-refractivity contribution in [1.82, 2.24) is 5.32 Å². The highest BCUT2D eigenvalue weighted by Gasteiger charge is 2.17. The van der Waals surface area contributed by atoms with Gasteiger partial charge in [0, 0.05) is 29.6 Å². The van der Waals surface area contributed by atoms with E-state index in [0.717, 1.165) is 10.6 Å². The zero-order valence-electron chi connectivity index (χ0n) is 13.3. The first-order chi connectivity index (χ1) is 9.67. The largest absolute Gasteiger partial charge is 0.353 e. The Bertz CT molecular complexity index is 501. The van der Waals surface area contributed by atoms with E-state index in [9.17, 15) is 9.59 Å². The van der Waals surface area contributed by atoms with Crippen molar-refractivity contribution >= 4 is 41.7 Å². The molecule has 4 N–H and O–H groups in total. The van der Waals surface area contributed by atoms with Crippen LogP contribution in [0.2, 0.25) is 0 Å². The average Bonchev–Trinajstić information content (AvgIpc) is 2.36. The van der Waals surface area contributed by atoms with Crippen LogP contribution in [0.1, 0.15) is 27.7 Å². The van der Waals surface area contributed by atoms with E-state index >= 15 is 0 Å². The molecule has 1 atom stereocenters. The zero-order chi connectivity index (χ0) is 16.0. The minimum absolute atomic E-state index is 0. The number of halogens is 1. The highest BCUT2D eigenvalue weighted by molar-refractivity contribution is 8.00. The quantitative estimate of drug-likeness (QED) is 0.691. The molecule has 0 aliphatic carbocycles. The van der Waals surface area contributed by atoms with Gasteiger partial charge in [-0.15, -0.1) is 24.2 Å². The van der Waals surface area contributed by atoms with Crippen molar-refractivity contribution in [2.24, 2.45) is 5.73 Å². The van der Waals surface area contributed by atoms with Gasteiger partial charge in [-0.2, -0.15) is 0 Å². The van der Waals surface area contributed by atoms with E-state index in [1.165, 1.54) is 18.7 Å². The number of hydrogen-bond acceptors (Lipinski definition) is 4. The zero-order valence-corrected chi connectivity index (χ0v) is 14.9. The fourth-order valence-electron chi connectivity index (χ4n) is 1.54. The van der Waals surface area contributed by atoms with Crippen LogP contribution in [0.15, 0.2) is 29.2 Å². The second kappa shape index (κ2) is 9.02. The first-order valence-corrected chi connectivity index (χ1v) is 7.66. The van der Waals surface area contributed by atoms with Gasteiger partial charge in [0.2, 0.25) is 11.8 Å². The standard InChI is InChI=1S/C15H23N3O2S.ClH/c1-10(14(20)17-9-15(3,4)16)21-13-7-5-12(6-8-13)18-11(2)19;/h5-8,10H,9,16H2,1-4H3,(H,17,20)(H,18,19);1H. The Morgan fingerprint density at radius 1 is 1.27 bits per heavy atom. The van der Waals surface area contributed by atoms with E-state index in [2.05, 4.69) is 10.6 Å². The van der Waals surface area contributed by atoms with Crippen LogP contribution >= 0.6 is 24.2 Å². The van der Waals surface area contributed by atoms with Crippen molar-refractivity contribution < 1.29 is 9.59 Å². The summed E-state index contributed by atoms with van der Waals surface area (Å²) >= 11 is 1.46. The fraction of sp³-hybridized carbons (Fsp3) is 0.467. The molecule has 0 heterocycles. The van der Waals surface area contributed by atoms with Crippen LogP contribution in [0.5, 0.6) is 0 Å². The summed E-state index contributed by atoms with van der Waals surface area (Å²) < 4.78 is 0. The average molecular weight is 346 g/mol. The van der Waals surface area contributed by atoms with E-state index < -0.39 is 5.54 Å². The third kappa shape index (κ3) is 8.26. The Morgan fingerprint density at radius 2 is 1.82 bits per heavy atom. The van der Waals surface area contributed by atoms with Crippen molar-refractivity contribution in [3.8, 4) is 0 Å². The van der Waals surface area contributed by atoms with E-state index in [0.29, 0.717) is 6.54 Å². The van der Waals surface area contributed by atoms with Crippen LogP contribution in [0.4, 0.5) is 5.69 Å². The van der Waals surface area contributed by atoms with Crippen LogP contribution < -0.4 is 16.4 Å². The summed E-state index contributed by atoms with van der Waals surface area (Å²) in [6.45, 7) is 7.50. The number of amides is 2. The normalized spacial score (nSPS) is 12.0. The molecule has 1 unspecified atom stereocenters. The Labute approximate surface area is 142 Å². The number of carbonyl (C=O) groups excluding carboxylic acids is 2. The number of hydrogen-bond donors (Lipinski definition) is 3. The summed E-state index contributed by atoms with van der Waals surface area (Å²) in [6.07, 6.45) is 0. The minimum atomic E-state index is -0.417. The van der Waals surface area contributed by atoms with Gasteiger partial charge >= 0.3 is 0 Å². The third-order valence-corrected chi connectivity index (χ3v) is 3.69. The molecular formula is C15H24ClN3O2S. The number of nitrogens with two attached hydrogens (primary N) is 1. The van der Waals surface area contributed by atoms with Gasteiger partial charge in [-0.1, -0.05) is 0 Å². The maximum absolute atomic E-state index is 12.0. The summed E-state index contributed by atoms with van der Waals surface area (Å²) in [5, 5.41) is 5.33. The minimum Gasteiger partial charge on any atom is -0.353 e. The third-order valence-electron chi connectivity index (χ3n) is 2.58. The molecule has 0 saturated carbocycles. The number of rotatable bonds is 6. The lowest BCUT2D eigenvalue weighted by Crippen LogP contribution is -2.46. The second-order valence-electron chi connectivity index (χ2n) is 5.67. The maximum atomic E-state index is 12.0. The van der Waals surface area contributed by atoms with Gasteiger partial charge in [0.1, 0.15) is 0 Å². The van der Waals surface area contributed by atoms with Crippen molar-refractivity contribution in [3.63, 3.8) is 0 Å². The van der Waals surface area contributed by atoms with E-state index in [1.807, 2.05) is 45.0 Å². The summed E-state index contributed by atoms with van der Waals surface area (Å²) in [4.78, 5) is 23.9. The number of carbonyl (C=O) groups is 2. The predicted molar refractivity (Wildman–Crippen MR) is 94.6 cm³/mol. The lowest BCUT2D eigenvalue weighted by atomic mass is 10.1. The molecule has 0 bridgehead atoms. The number of thioether (sulfide) groups is 1. The molecular weight excluding hydrogens is 322 g/mol. The fourth-order valence-corrected chi connectivity index (χ4v) is 2.43. The predicted octanol–water partition coefficient (Wildman–Crippen LogP) is 2.40. The summed E-state index contributed by atoms with van der Waals surface area (Å²) in [6, 6.07) is 7.40. The van der Waals surface area contributed by atoms with Crippen molar-refractivity contribution in [1.29, 1.82) is 0 Å². The van der Waals surface area contributed by atoms with Gasteiger partial charge in [-0.25, -0.2) is 0 Å². The van der Waals surface area contributed by atoms with Crippen LogP contribution in [0.3, 0.4) is 0 Å². The molecule has 22 heavy (non-hydrogen) atoms. The maximum Gasteiger partial charge on any atom is 0.233 e. The first-order valence-electron chi connectivity index (χ1n) is 6.78. The summed E-state index contributed by atoms with van der Waals surface area (Å²) in [5.74, 6) is -0.142. The number of nitrogens with one attached hydrogen (secondary N) is 2. The van der Waals surface area contributed by atoms with Gasteiger partial charge < -0.3 is 16.4 Å². The van der Waals surface area contributed by atoms with Crippen molar-refractivity contribution in [2.45, 2.75) is 43.4 Å². The highest BCUT2D eigenvalue weighted by atomic mass is 35.5. The van der Waals surface area contributed by atoms with Gasteiger partial charge in [0.25, 0.3) is 0 Å². The Balaban J connectivity index is 0.00000441. The molecule has 2 amide bonds. The topological polar surface area (TPSA) is 84.2 Å². The van der Waals surface area contributed by atoms with Gasteiger partial charge in [-0.3, -0.25) is 9.59 Å². The van der Waals surface area contributed by atoms with E-state index in [1.54, 1.807) is 0 Å². The van der Waals surface area contributed by atoms with E-state index in [4.69, 9.17) is 5.73 Å². The molecule has 124 valence electrons. The molecule has 0 aromatic heterocycles. The van der Waals surface area contributed by atoms with Crippen molar-refractivity contribution in [2.75, 3.05) is 11.9 Å². The molecule has 0 fully saturated rings. The molecule has 5 nitrogen and oxygen atoms in total. The Kier molecular flexibility index (Phi) is 8.52. The highest BCUT2D eigenvalue weighted by Crippen LogP contribution is 2.24. The first kappa shape index (κ1) is 20.8. The smallest absolute Gasteiger partial charge is 0.233 e. The van der Waals surface area contributed by atoms with Crippen molar-refractivity contribution in [3.05, 3.63) is 24.3 Å². The monoisotopic (exact) mass is 345 g/mol. The number of benzene rings is 1. The second-order valence-corrected chi connectivity index (χ2v) is 7.09. The van der Waals surface area contributed by atoms with Crippen LogP contribution in [0.25, 0.3) is 0 Å². The van der Waals surface area contributed by atoms with E-state index in [-0.39, 0.29) is 29.5 Å². The molecule has 0 aliphatic heterocycles. The molecule has 0 radical (unpaired) electrons. The molecule has 1 aromatic rings. The van der Waals surface area contributed by atoms with Gasteiger partial charge in [0.05, 0.1) is 5.25 Å². The molecule has 0 spiro atoms. The van der Waals surface area contributed by atoms with Gasteiger partial charge in [0.15, 0.2) is 0 Å².